The van der Waals surface area contributed by atoms with Gasteiger partial charge in [-0.2, -0.15) is 0 Å². The minimum absolute atomic E-state index is 0.0120. The van der Waals surface area contributed by atoms with Crippen molar-refractivity contribution < 1.29 is 4.79 Å². The van der Waals surface area contributed by atoms with Crippen LogP contribution in [0.15, 0.2) is 66.2 Å². The standard InChI is InChI=1S/C22H22N4OS/c27-22(20-17-28-21(24-20)19-10-4-5-11-23-19)26-15-13-25(14-16-26)12-6-9-18-7-2-1-3-8-18/h1-11,17H,12-16H2/b9-6+. The average molecular weight is 391 g/mol. The van der Waals surface area contributed by atoms with Gasteiger partial charge in [0.15, 0.2) is 0 Å². The van der Waals surface area contributed by atoms with Crippen molar-refractivity contribution in [1.82, 2.24) is 19.8 Å². The van der Waals surface area contributed by atoms with Gasteiger partial charge in [0.05, 0.1) is 5.69 Å². The highest BCUT2D eigenvalue weighted by Gasteiger charge is 2.23. The smallest absolute Gasteiger partial charge is 0.273 e. The molecule has 1 aliphatic heterocycles. The first-order valence-electron chi connectivity index (χ1n) is 9.40. The second kappa shape index (κ2) is 8.91. The molecule has 142 valence electrons. The summed E-state index contributed by atoms with van der Waals surface area (Å²) < 4.78 is 0. The van der Waals surface area contributed by atoms with Crippen LogP contribution in [0.3, 0.4) is 0 Å². The van der Waals surface area contributed by atoms with E-state index in [-0.39, 0.29) is 5.91 Å². The molecule has 0 spiro atoms. The Morgan fingerprint density at radius 2 is 1.82 bits per heavy atom. The minimum Gasteiger partial charge on any atom is -0.335 e. The molecule has 0 bridgehead atoms. The summed E-state index contributed by atoms with van der Waals surface area (Å²) in [6.45, 7) is 4.12. The molecule has 6 heteroatoms. The minimum atomic E-state index is 0.0120. The predicted molar refractivity (Wildman–Crippen MR) is 113 cm³/mol. The van der Waals surface area contributed by atoms with E-state index >= 15 is 0 Å². The van der Waals surface area contributed by atoms with Crippen LogP contribution in [0, 0.1) is 0 Å². The Bertz CT molecular complexity index is 931. The van der Waals surface area contributed by atoms with Gasteiger partial charge in [-0.25, -0.2) is 4.98 Å². The van der Waals surface area contributed by atoms with Crippen molar-refractivity contribution in [2.75, 3.05) is 32.7 Å². The SMILES string of the molecule is O=C(c1csc(-c2ccccn2)n1)N1CCN(C/C=C/c2ccccc2)CC1. The lowest BCUT2D eigenvalue weighted by Crippen LogP contribution is -2.48. The number of hydrogen-bond acceptors (Lipinski definition) is 5. The average Bonchev–Trinajstić information content (AvgIpc) is 3.25. The van der Waals surface area contributed by atoms with Crippen LogP contribution < -0.4 is 0 Å². The van der Waals surface area contributed by atoms with Crippen LogP contribution in [-0.2, 0) is 0 Å². The van der Waals surface area contributed by atoms with E-state index in [4.69, 9.17) is 0 Å². The second-order valence-electron chi connectivity index (χ2n) is 6.66. The zero-order valence-electron chi connectivity index (χ0n) is 15.6. The van der Waals surface area contributed by atoms with Gasteiger partial charge in [0.1, 0.15) is 10.7 Å². The normalized spacial score (nSPS) is 15.2. The van der Waals surface area contributed by atoms with Crippen molar-refractivity contribution in [3.63, 3.8) is 0 Å². The van der Waals surface area contributed by atoms with E-state index in [0.29, 0.717) is 5.69 Å². The van der Waals surface area contributed by atoms with Crippen LogP contribution >= 0.6 is 11.3 Å². The van der Waals surface area contributed by atoms with Crippen LogP contribution in [0.1, 0.15) is 16.1 Å². The summed E-state index contributed by atoms with van der Waals surface area (Å²) >= 11 is 1.46. The van der Waals surface area contributed by atoms with Crippen LogP contribution in [0.25, 0.3) is 16.8 Å². The zero-order chi connectivity index (χ0) is 19.2. The number of thiazole rings is 1. The molecule has 2 aromatic heterocycles. The number of amides is 1. The Morgan fingerprint density at radius 3 is 2.57 bits per heavy atom. The molecule has 5 nitrogen and oxygen atoms in total. The monoisotopic (exact) mass is 390 g/mol. The Balaban J connectivity index is 1.29. The summed E-state index contributed by atoms with van der Waals surface area (Å²) in [5.41, 5.74) is 2.54. The Labute approximate surface area is 169 Å². The highest BCUT2D eigenvalue weighted by atomic mass is 32.1. The topological polar surface area (TPSA) is 49.3 Å². The number of carbonyl (C=O) groups is 1. The number of aromatic nitrogens is 2. The second-order valence-corrected chi connectivity index (χ2v) is 7.52. The maximum Gasteiger partial charge on any atom is 0.273 e. The Morgan fingerprint density at radius 1 is 1.04 bits per heavy atom. The van der Waals surface area contributed by atoms with Crippen molar-refractivity contribution in [2.24, 2.45) is 0 Å². The molecule has 28 heavy (non-hydrogen) atoms. The fourth-order valence-corrected chi connectivity index (χ4v) is 3.95. The first-order chi connectivity index (χ1) is 13.8. The van der Waals surface area contributed by atoms with Gasteiger partial charge in [-0.15, -0.1) is 11.3 Å². The van der Waals surface area contributed by atoms with Gasteiger partial charge in [-0.05, 0) is 17.7 Å². The van der Waals surface area contributed by atoms with E-state index in [0.717, 1.165) is 43.4 Å². The highest BCUT2D eigenvalue weighted by molar-refractivity contribution is 7.13. The van der Waals surface area contributed by atoms with E-state index in [9.17, 15) is 4.79 Å². The van der Waals surface area contributed by atoms with Crippen molar-refractivity contribution in [2.45, 2.75) is 0 Å². The van der Waals surface area contributed by atoms with Crippen molar-refractivity contribution in [3.05, 3.63) is 77.4 Å². The lowest BCUT2D eigenvalue weighted by atomic mass is 10.2. The molecule has 3 heterocycles. The first-order valence-corrected chi connectivity index (χ1v) is 10.3. The summed E-state index contributed by atoms with van der Waals surface area (Å²) in [5, 5.41) is 2.62. The van der Waals surface area contributed by atoms with Gasteiger partial charge in [-0.3, -0.25) is 14.7 Å². The summed E-state index contributed by atoms with van der Waals surface area (Å²) in [6.07, 6.45) is 6.07. The molecular weight excluding hydrogens is 368 g/mol. The van der Waals surface area contributed by atoms with Gasteiger partial charge in [-0.1, -0.05) is 48.6 Å². The molecule has 4 rings (SSSR count). The molecule has 1 aliphatic rings. The molecule has 1 aromatic carbocycles. The first kappa shape index (κ1) is 18.5. The summed E-state index contributed by atoms with van der Waals surface area (Å²) in [4.78, 5) is 25.8. The number of nitrogens with zero attached hydrogens (tertiary/aromatic N) is 4. The number of carbonyl (C=O) groups excluding carboxylic acids is 1. The molecule has 3 aromatic rings. The number of hydrogen-bond donors (Lipinski definition) is 0. The van der Waals surface area contributed by atoms with E-state index in [1.807, 2.05) is 46.7 Å². The number of pyridine rings is 1. The highest BCUT2D eigenvalue weighted by Crippen LogP contribution is 2.22. The van der Waals surface area contributed by atoms with Crippen molar-refractivity contribution >= 4 is 23.3 Å². The largest absolute Gasteiger partial charge is 0.335 e. The fourth-order valence-electron chi connectivity index (χ4n) is 3.18. The van der Waals surface area contributed by atoms with Crippen LogP contribution in [0.2, 0.25) is 0 Å². The summed E-state index contributed by atoms with van der Waals surface area (Å²) in [5.74, 6) is 0.0120. The summed E-state index contributed by atoms with van der Waals surface area (Å²) in [7, 11) is 0. The van der Waals surface area contributed by atoms with E-state index in [1.165, 1.54) is 16.9 Å². The van der Waals surface area contributed by atoms with Gasteiger partial charge in [0.25, 0.3) is 5.91 Å². The van der Waals surface area contributed by atoms with Crippen molar-refractivity contribution in [3.8, 4) is 10.7 Å². The van der Waals surface area contributed by atoms with E-state index in [2.05, 4.69) is 39.2 Å². The van der Waals surface area contributed by atoms with Crippen molar-refractivity contribution in [1.29, 1.82) is 0 Å². The fraction of sp³-hybridized carbons (Fsp3) is 0.227. The van der Waals surface area contributed by atoms with Gasteiger partial charge >= 0.3 is 0 Å². The molecule has 1 fully saturated rings. The van der Waals surface area contributed by atoms with E-state index in [1.54, 1.807) is 6.20 Å². The lowest BCUT2D eigenvalue weighted by molar-refractivity contribution is 0.0645. The molecular formula is C22H22N4OS. The molecule has 1 amide bonds. The van der Waals surface area contributed by atoms with E-state index < -0.39 is 0 Å². The van der Waals surface area contributed by atoms with Crippen LogP contribution in [0.5, 0.6) is 0 Å². The quantitative estimate of drug-likeness (QED) is 0.667. The zero-order valence-corrected chi connectivity index (χ0v) is 16.4. The molecule has 0 N–H and O–H groups in total. The maximum atomic E-state index is 12.8. The maximum absolute atomic E-state index is 12.8. The molecule has 0 saturated carbocycles. The molecule has 0 radical (unpaired) electrons. The summed E-state index contributed by atoms with van der Waals surface area (Å²) in [6, 6.07) is 16.0. The molecule has 1 saturated heterocycles. The third kappa shape index (κ3) is 4.52. The molecule has 0 aliphatic carbocycles. The third-order valence-corrected chi connectivity index (χ3v) is 5.61. The predicted octanol–water partition coefficient (Wildman–Crippen LogP) is 3.68. The van der Waals surface area contributed by atoms with Gasteiger partial charge < -0.3 is 4.90 Å². The lowest BCUT2D eigenvalue weighted by Gasteiger charge is -2.33. The Kier molecular flexibility index (Phi) is 5.89. The molecule has 0 unspecified atom stereocenters. The molecule has 0 atom stereocenters. The van der Waals surface area contributed by atoms with Crippen LogP contribution in [0.4, 0.5) is 0 Å². The van der Waals surface area contributed by atoms with Gasteiger partial charge in [0.2, 0.25) is 0 Å². The number of rotatable bonds is 5. The van der Waals surface area contributed by atoms with Crippen LogP contribution in [-0.4, -0.2) is 58.4 Å². The third-order valence-electron chi connectivity index (χ3n) is 4.74. The number of piperazine rings is 1. The Hall–Kier alpha value is -2.83. The number of benzene rings is 1. The van der Waals surface area contributed by atoms with Gasteiger partial charge in [0, 0.05) is 44.3 Å².